The Bertz CT molecular complexity index is 1100. The van der Waals surface area contributed by atoms with E-state index in [0.717, 1.165) is 9.25 Å². The smallest absolute Gasteiger partial charge is 0.314 e. The fraction of sp³-hybridized carbons (Fsp3) is 0.158. The molecular formula is C19H16FN5O3. The zero-order valence-electron chi connectivity index (χ0n) is 14.9. The zero-order chi connectivity index (χ0) is 19.8. The van der Waals surface area contributed by atoms with Crippen LogP contribution in [0.4, 0.5) is 20.6 Å². The standard InChI is InChI=1S/C19H16FN5O3/c1-22(14-5-3-2-4-6-14)17(26)12-24-19(28)25-16(21-24)11-23(18(25)27)15-9-7-13(20)8-10-15/h2-10H,11-12H2,1H3. The molecule has 0 atom stereocenters. The second kappa shape index (κ2) is 6.76. The van der Waals surface area contributed by atoms with E-state index in [1.165, 1.54) is 34.1 Å². The SMILES string of the molecule is CN(C(=O)Cn1nc2n(c1=O)C(=O)N(c1ccc(F)cc1)C2)c1ccccc1. The molecule has 142 valence electrons. The highest BCUT2D eigenvalue weighted by atomic mass is 19.1. The summed E-state index contributed by atoms with van der Waals surface area (Å²) in [5.41, 5.74) is 0.466. The Morgan fingerprint density at radius 2 is 1.79 bits per heavy atom. The number of fused-ring (bicyclic) bond motifs is 1. The largest absolute Gasteiger partial charge is 0.354 e. The van der Waals surface area contributed by atoms with Crippen LogP contribution in [0.2, 0.25) is 0 Å². The number of carbonyl (C=O) groups excluding carboxylic acids is 2. The van der Waals surface area contributed by atoms with Crippen LogP contribution in [0.25, 0.3) is 0 Å². The number of anilines is 2. The third-order valence-electron chi connectivity index (χ3n) is 4.57. The zero-order valence-corrected chi connectivity index (χ0v) is 14.9. The molecule has 0 spiro atoms. The minimum atomic E-state index is -0.681. The lowest BCUT2D eigenvalue weighted by Crippen LogP contribution is -2.38. The van der Waals surface area contributed by atoms with Crippen molar-refractivity contribution in [1.29, 1.82) is 0 Å². The molecule has 8 nitrogen and oxygen atoms in total. The summed E-state index contributed by atoms with van der Waals surface area (Å²) in [6, 6.07) is 13.8. The molecule has 2 aromatic carbocycles. The monoisotopic (exact) mass is 381 g/mol. The summed E-state index contributed by atoms with van der Waals surface area (Å²) in [6.45, 7) is -0.219. The van der Waals surface area contributed by atoms with Gasteiger partial charge in [0, 0.05) is 18.4 Å². The number of halogens is 1. The van der Waals surface area contributed by atoms with Gasteiger partial charge < -0.3 is 4.90 Å². The maximum Gasteiger partial charge on any atom is 0.354 e. The van der Waals surface area contributed by atoms with Crippen LogP contribution in [0.3, 0.4) is 0 Å². The number of nitrogens with zero attached hydrogens (tertiary/aromatic N) is 5. The van der Waals surface area contributed by atoms with Crippen molar-refractivity contribution in [1.82, 2.24) is 14.3 Å². The molecule has 0 saturated carbocycles. The van der Waals surface area contributed by atoms with E-state index in [1.54, 1.807) is 31.3 Å². The minimum absolute atomic E-state index is 0.0649. The van der Waals surface area contributed by atoms with Gasteiger partial charge in [-0.1, -0.05) is 18.2 Å². The summed E-state index contributed by atoms with van der Waals surface area (Å²) in [4.78, 5) is 40.4. The van der Waals surface area contributed by atoms with Crippen LogP contribution in [0.15, 0.2) is 59.4 Å². The Morgan fingerprint density at radius 1 is 1.11 bits per heavy atom. The van der Waals surface area contributed by atoms with Gasteiger partial charge in [0.1, 0.15) is 12.4 Å². The summed E-state index contributed by atoms with van der Waals surface area (Å²) < 4.78 is 15.0. The fourth-order valence-electron chi connectivity index (χ4n) is 3.03. The number of benzene rings is 2. The molecule has 9 heteroatoms. The second-order valence-corrected chi connectivity index (χ2v) is 6.33. The van der Waals surface area contributed by atoms with E-state index in [2.05, 4.69) is 5.10 Å². The van der Waals surface area contributed by atoms with Crippen LogP contribution >= 0.6 is 0 Å². The van der Waals surface area contributed by atoms with E-state index in [9.17, 15) is 18.8 Å². The van der Waals surface area contributed by atoms with E-state index >= 15 is 0 Å². The number of carbonyl (C=O) groups is 2. The summed E-state index contributed by atoms with van der Waals surface area (Å²) in [5, 5.41) is 4.13. The molecule has 0 aliphatic carbocycles. The van der Waals surface area contributed by atoms with Crippen LogP contribution in [0, 0.1) is 5.82 Å². The van der Waals surface area contributed by atoms with Crippen LogP contribution in [0.1, 0.15) is 5.82 Å². The van der Waals surface area contributed by atoms with Crippen molar-refractivity contribution in [3.8, 4) is 0 Å². The Kier molecular flexibility index (Phi) is 4.26. The van der Waals surface area contributed by atoms with Gasteiger partial charge in [0.15, 0.2) is 5.82 Å². The summed E-state index contributed by atoms with van der Waals surface area (Å²) in [7, 11) is 1.61. The maximum absolute atomic E-state index is 13.1. The van der Waals surface area contributed by atoms with E-state index in [0.29, 0.717) is 11.4 Å². The van der Waals surface area contributed by atoms with E-state index < -0.39 is 17.5 Å². The molecule has 3 aromatic rings. The van der Waals surface area contributed by atoms with Gasteiger partial charge in [-0.2, -0.15) is 9.67 Å². The topological polar surface area (TPSA) is 80.4 Å². The Hall–Kier alpha value is -3.75. The molecule has 28 heavy (non-hydrogen) atoms. The lowest BCUT2D eigenvalue weighted by atomic mass is 10.3. The highest BCUT2D eigenvalue weighted by molar-refractivity contribution is 5.96. The lowest BCUT2D eigenvalue weighted by molar-refractivity contribution is -0.119. The predicted molar refractivity (Wildman–Crippen MR) is 99.7 cm³/mol. The molecule has 0 saturated heterocycles. The first-order valence-electron chi connectivity index (χ1n) is 8.53. The Balaban J connectivity index is 1.55. The average Bonchev–Trinajstić information content (AvgIpc) is 3.19. The van der Waals surface area contributed by atoms with Gasteiger partial charge >= 0.3 is 11.7 Å². The molecule has 0 unspecified atom stereocenters. The Morgan fingerprint density at radius 3 is 2.43 bits per heavy atom. The van der Waals surface area contributed by atoms with Crippen LogP contribution < -0.4 is 15.5 Å². The van der Waals surface area contributed by atoms with Crippen molar-refractivity contribution in [2.75, 3.05) is 16.8 Å². The van der Waals surface area contributed by atoms with Crippen molar-refractivity contribution in [2.24, 2.45) is 0 Å². The molecule has 0 fully saturated rings. The molecule has 1 aliphatic rings. The van der Waals surface area contributed by atoms with Crippen LogP contribution in [-0.4, -0.2) is 33.3 Å². The van der Waals surface area contributed by atoms with Gasteiger partial charge in [0.2, 0.25) is 5.91 Å². The molecule has 0 radical (unpaired) electrons. The number of likely N-dealkylation sites (N-methyl/N-ethyl adjacent to an activating group) is 1. The first-order valence-corrected chi connectivity index (χ1v) is 8.53. The minimum Gasteiger partial charge on any atom is -0.314 e. The van der Waals surface area contributed by atoms with Crippen molar-refractivity contribution < 1.29 is 14.0 Å². The predicted octanol–water partition coefficient (Wildman–Crippen LogP) is 1.84. The van der Waals surface area contributed by atoms with Crippen molar-refractivity contribution in [3.63, 3.8) is 0 Å². The number of para-hydroxylation sites is 1. The number of hydrogen-bond donors (Lipinski definition) is 0. The molecular weight excluding hydrogens is 365 g/mol. The molecule has 0 bridgehead atoms. The summed E-state index contributed by atoms with van der Waals surface area (Å²) in [5.74, 6) is -0.529. The van der Waals surface area contributed by atoms with E-state index in [1.807, 2.05) is 6.07 Å². The molecule has 1 aliphatic heterocycles. The first-order chi connectivity index (χ1) is 13.5. The van der Waals surface area contributed by atoms with Crippen LogP contribution in [0.5, 0.6) is 0 Å². The molecule has 1 aromatic heterocycles. The lowest BCUT2D eigenvalue weighted by Gasteiger charge is -2.17. The maximum atomic E-state index is 13.1. The highest BCUT2D eigenvalue weighted by Gasteiger charge is 2.33. The average molecular weight is 381 g/mol. The third kappa shape index (κ3) is 2.96. The number of hydrogen-bond acceptors (Lipinski definition) is 4. The van der Waals surface area contributed by atoms with Gasteiger partial charge in [-0.25, -0.2) is 18.7 Å². The van der Waals surface area contributed by atoms with Crippen molar-refractivity contribution in [2.45, 2.75) is 13.1 Å². The Labute approximate surface area is 159 Å². The summed E-state index contributed by atoms with van der Waals surface area (Å²) in [6.07, 6.45) is 0. The molecule has 2 heterocycles. The van der Waals surface area contributed by atoms with Gasteiger partial charge in [0.05, 0.1) is 6.54 Å². The molecule has 0 N–H and O–H groups in total. The molecule has 4 rings (SSSR count). The van der Waals surface area contributed by atoms with Gasteiger partial charge in [0.25, 0.3) is 0 Å². The van der Waals surface area contributed by atoms with Gasteiger partial charge in [-0.05, 0) is 36.4 Å². The fourth-order valence-corrected chi connectivity index (χ4v) is 3.03. The second-order valence-electron chi connectivity index (χ2n) is 6.33. The normalized spacial score (nSPS) is 12.9. The first kappa shape index (κ1) is 17.7. The quantitative estimate of drug-likeness (QED) is 0.691. The number of aromatic nitrogens is 3. The van der Waals surface area contributed by atoms with Crippen molar-refractivity contribution >= 4 is 23.3 Å². The number of amides is 2. The third-order valence-corrected chi connectivity index (χ3v) is 4.57. The van der Waals surface area contributed by atoms with Crippen LogP contribution in [-0.2, 0) is 17.9 Å². The van der Waals surface area contributed by atoms with E-state index in [-0.39, 0.29) is 24.8 Å². The molecule has 2 amide bonds. The summed E-state index contributed by atoms with van der Waals surface area (Å²) >= 11 is 0. The van der Waals surface area contributed by atoms with Gasteiger partial charge in [-0.15, -0.1) is 0 Å². The highest BCUT2D eigenvalue weighted by Crippen LogP contribution is 2.22. The van der Waals surface area contributed by atoms with Crippen molar-refractivity contribution in [3.05, 3.63) is 76.7 Å². The number of rotatable bonds is 4. The van der Waals surface area contributed by atoms with Gasteiger partial charge in [-0.3, -0.25) is 9.69 Å². The van der Waals surface area contributed by atoms with E-state index in [4.69, 9.17) is 0 Å².